The number of fused-ring (bicyclic) bond motifs is 1. The van der Waals surface area contributed by atoms with Gasteiger partial charge in [-0.3, -0.25) is 4.79 Å². The average Bonchev–Trinajstić information content (AvgIpc) is 3.20. The Kier molecular flexibility index (Phi) is 3.57. The lowest BCUT2D eigenvalue weighted by molar-refractivity contribution is 0.0751. The zero-order valence-electron chi connectivity index (χ0n) is 12.8. The maximum atomic E-state index is 12.8. The normalized spacial score (nSPS) is 14.3. The molecule has 1 aliphatic carbocycles. The largest absolute Gasteiger partial charge is 0.332 e. The van der Waals surface area contributed by atoms with Crippen LogP contribution in [-0.2, 0) is 6.54 Å². The van der Waals surface area contributed by atoms with Gasteiger partial charge in [0.05, 0.1) is 0 Å². The molecular weight excluding hydrogens is 310 g/mol. The van der Waals surface area contributed by atoms with Gasteiger partial charge in [0, 0.05) is 19.0 Å². The lowest BCUT2D eigenvalue weighted by Gasteiger charge is -2.19. The second-order valence-electron chi connectivity index (χ2n) is 5.74. The molecule has 0 atom stereocenters. The minimum atomic E-state index is -0.0476. The summed E-state index contributed by atoms with van der Waals surface area (Å²) in [6, 6.07) is 10.0. The number of aromatic nitrogens is 4. The second kappa shape index (κ2) is 5.73. The van der Waals surface area contributed by atoms with Crippen molar-refractivity contribution in [3.05, 3.63) is 46.7 Å². The third kappa shape index (κ3) is 2.72. The molecule has 0 saturated heterocycles. The van der Waals surface area contributed by atoms with Crippen molar-refractivity contribution in [3.8, 4) is 0 Å². The SMILES string of the molecule is CCN(Cc1ccccc1)C(=O)c1nn2c(C3CC3)nnc2s1. The predicted molar refractivity (Wildman–Crippen MR) is 87.5 cm³/mol. The van der Waals surface area contributed by atoms with Gasteiger partial charge in [-0.25, -0.2) is 0 Å². The molecule has 7 heteroatoms. The van der Waals surface area contributed by atoms with Gasteiger partial charge >= 0.3 is 0 Å². The van der Waals surface area contributed by atoms with Crippen LogP contribution < -0.4 is 0 Å². The monoisotopic (exact) mass is 327 g/mol. The van der Waals surface area contributed by atoms with Crippen LogP contribution >= 0.6 is 11.3 Å². The summed E-state index contributed by atoms with van der Waals surface area (Å²) in [6.45, 7) is 3.21. The number of rotatable bonds is 5. The highest BCUT2D eigenvalue weighted by Gasteiger charge is 2.31. The van der Waals surface area contributed by atoms with E-state index in [2.05, 4.69) is 15.3 Å². The third-order valence-electron chi connectivity index (χ3n) is 4.03. The van der Waals surface area contributed by atoms with Crippen LogP contribution in [0.25, 0.3) is 4.96 Å². The van der Waals surface area contributed by atoms with E-state index in [4.69, 9.17) is 0 Å². The molecule has 23 heavy (non-hydrogen) atoms. The molecule has 0 unspecified atom stereocenters. The fourth-order valence-electron chi connectivity index (χ4n) is 2.58. The highest BCUT2D eigenvalue weighted by atomic mass is 32.1. The van der Waals surface area contributed by atoms with Crippen LogP contribution in [0.2, 0.25) is 0 Å². The van der Waals surface area contributed by atoms with Crippen LogP contribution in [0, 0.1) is 0 Å². The minimum absolute atomic E-state index is 0.0476. The molecular formula is C16H17N5OS. The van der Waals surface area contributed by atoms with E-state index in [1.54, 1.807) is 9.42 Å². The Bertz CT molecular complexity index is 837. The Labute approximate surface area is 137 Å². The molecule has 3 aromatic rings. The fraction of sp³-hybridized carbons (Fsp3) is 0.375. The molecule has 1 aliphatic rings. The topological polar surface area (TPSA) is 63.4 Å². The molecule has 1 saturated carbocycles. The van der Waals surface area contributed by atoms with Crippen molar-refractivity contribution in [2.45, 2.75) is 32.2 Å². The molecule has 2 heterocycles. The van der Waals surface area contributed by atoms with E-state index in [0.717, 1.165) is 24.2 Å². The molecule has 0 bridgehead atoms. The third-order valence-corrected chi connectivity index (χ3v) is 4.91. The Morgan fingerprint density at radius 1 is 1.30 bits per heavy atom. The van der Waals surface area contributed by atoms with Crippen LogP contribution in [-0.4, -0.2) is 37.2 Å². The first-order valence-electron chi connectivity index (χ1n) is 7.81. The highest BCUT2D eigenvalue weighted by Crippen LogP contribution is 2.39. The van der Waals surface area contributed by atoms with Crippen molar-refractivity contribution in [3.63, 3.8) is 0 Å². The summed E-state index contributed by atoms with van der Waals surface area (Å²) in [7, 11) is 0. The van der Waals surface area contributed by atoms with Gasteiger partial charge < -0.3 is 4.90 Å². The molecule has 0 aliphatic heterocycles. The van der Waals surface area contributed by atoms with Crippen molar-refractivity contribution in [2.24, 2.45) is 0 Å². The van der Waals surface area contributed by atoms with E-state index in [9.17, 15) is 4.79 Å². The van der Waals surface area contributed by atoms with Gasteiger partial charge in [-0.15, -0.1) is 15.3 Å². The quantitative estimate of drug-likeness (QED) is 0.723. The van der Waals surface area contributed by atoms with E-state index >= 15 is 0 Å². The van der Waals surface area contributed by atoms with Gasteiger partial charge in [0.1, 0.15) is 0 Å². The Hall–Kier alpha value is -2.28. The molecule has 0 spiro atoms. The molecule has 2 aromatic heterocycles. The number of amides is 1. The summed E-state index contributed by atoms with van der Waals surface area (Å²) in [4.78, 5) is 15.3. The van der Waals surface area contributed by atoms with Gasteiger partial charge in [-0.2, -0.15) is 4.52 Å². The maximum absolute atomic E-state index is 12.8. The second-order valence-corrected chi connectivity index (χ2v) is 6.69. The van der Waals surface area contributed by atoms with Gasteiger partial charge in [0.2, 0.25) is 9.97 Å². The Morgan fingerprint density at radius 3 is 2.78 bits per heavy atom. The lowest BCUT2D eigenvalue weighted by atomic mass is 10.2. The van der Waals surface area contributed by atoms with Crippen LogP contribution in [0.5, 0.6) is 0 Å². The smallest absolute Gasteiger partial charge is 0.285 e. The molecule has 1 amide bonds. The van der Waals surface area contributed by atoms with Crippen LogP contribution in [0.15, 0.2) is 30.3 Å². The van der Waals surface area contributed by atoms with Gasteiger partial charge in [-0.1, -0.05) is 41.7 Å². The summed E-state index contributed by atoms with van der Waals surface area (Å²) < 4.78 is 1.74. The lowest BCUT2D eigenvalue weighted by Crippen LogP contribution is -2.30. The number of benzene rings is 1. The molecule has 0 radical (unpaired) electrons. The van der Waals surface area contributed by atoms with E-state index in [1.807, 2.05) is 37.3 Å². The number of nitrogens with zero attached hydrogens (tertiary/aromatic N) is 5. The summed E-state index contributed by atoms with van der Waals surface area (Å²) in [5.41, 5.74) is 1.12. The molecule has 1 aromatic carbocycles. The van der Waals surface area contributed by atoms with Gasteiger partial charge in [0.15, 0.2) is 5.82 Å². The highest BCUT2D eigenvalue weighted by molar-refractivity contribution is 7.18. The predicted octanol–water partition coefficient (Wildman–Crippen LogP) is 2.73. The standard InChI is InChI=1S/C16H17N5OS/c1-2-20(10-11-6-4-3-5-7-11)15(22)14-19-21-13(12-8-9-12)17-18-16(21)23-14/h3-7,12H,2,8-10H2,1H3. The number of carbonyl (C=O) groups excluding carboxylic acids is 1. The molecule has 6 nitrogen and oxygen atoms in total. The Morgan fingerprint density at radius 2 is 2.09 bits per heavy atom. The zero-order valence-corrected chi connectivity index (χ0v) is 13.7. The first-order chi connectivity index (χ1) is 11.3. The fourth-order valence-corrected chi connectivity index (χ4v) is 3.40. The van der Waals surface area contributed by atoms with Crippen LogP contribution in [0.3, 0.4) is 0 Å². The van der Waals surface area contributed by atoms with E-state index in [1.165, 1.54) is 11.3 Å². The number of carbonyl (C=O) groups is 1. The number of hydrogen-bond acceptors (Lipinski definition) is 5. The van der Waals surface area contributed by atoms with Crippen LogP contribution in [0.4, 0.5) is 0 Å². The molecule has 0 N–H and O–H groups in total. The van der Waals surface area contributed by atoms with E-state index < -0.39 is 0 Å². The molecule has 4 rings (SSSR count). The van der Waals surface area contributed by atoms with Crippen molar-refractivity contribution >= 4 is 22.2 Å². The first-order valence-corrected chi connectivity index (χ1v) is 8.63. The summed E-state index contributed by atoms with van der Waals surface area (Å²) in [5, 5.41) is 13.3. The van der Waals surface area contributed by atoms with Gasteiger partial charge in [0.25, 0.3) is 5.91 Å². The van der Waals surface area contributed by atoms with Crippen LogP contribution in [0.1, 0.15) is 46.9 Å². The van der Waals surface area contributed by atoms with Crippen molar-refractivity contribution in [2.75, 3.05) is 6.54 Å². The summed E-state index contributed by atoms with van der Waals surface area (Å²) >= 11 is 1.31. The number of hydrogen-bond donors (Lipinski definition) is 0. The first kappa shape index (κ1) is 14.3. The average molecular weight is 327 g/mol. The van der Waals surface area contributed by atoms with Gasteiger partial charge in [-0.05, 0) is 25.3 Å². The van der Waals surface area contributed by atoms with E-state index in [0.29, 0.717) is 29.0 Å². The van der Waals surface area contributed by atoms with E-state index in [-0.39, 0.29) is 5.91 Å². The molecule has 118 valence electrons. The summed E-state index contributed by atoms with van der Waals surface area (Å²) in [5.74, 6) is 1.30. The zero-order chi connectivity index (χ0) is 15.8. The summed E-state index contributed by atoms with van der Waals surface area (Å²) in [6.07, 6.45) is 2.27. The minimum Gasteiger partial charge on any atom is -0.332 e. The van der Waals surface area contributed by atoms with Crippen molar-refractivity contribution < 1.29 is 4.79 Å². The molecule has 1 fully saturated rings. The van der Waals surface area contributed by atoms with Crippen molar-refractivity contribution in [1.29, 1.82) is 0 Å². The van der Waals surface area contributed by atoms with Crippen molar-refractivity contribution in [1.82, 2.24) is 24.7 Å². The maximum Gasteiger partial charge on any atom is 0.285 e. The Balaban J connectivity index is 1.59.